The maximum absolute atomic E-state index is 12.5. The first kappa shape index (κ1) is 17.1. The van der Waals surface area contributed by atoms with E-state index in [2.05, 4.69) is 13.8 Å². The van der Waals surface area contributed by atoms with Crippen molar-refractivity contribution in [2.45, 2.75) is 26.3 Å². The quantitative estimate of drug-likeness (QED) is 0.926. The molecule has 2 N–H and O–H groups in total. The van der Waals surface area contributed by atoms with Crippen LogP contribution < -0.4 is 10.5 Å². The Balaban J connectivity index is 1.70. The molecule has 1 amide bonds. The molecule has 1 unspecified atom stereocenters. The minimum atomic E-state index is -0.0686. The highest BCUT2D eigenvalue weighted by Crippen LogP contribution is 2.31. The van der Waals surface area contributed by atoms with Crippen molar-refractivity contribution < 1.29 is 9.53 Å². The van der Waals surface area contributed by atoms with E-state index < -0.39 is 0 Å². The van der Waals surface area contributed by atoms with Gasteiger partial charge in [-0.1, -0.05) is 49.7 Å². The van der Waals surface area contributed by atoms with E-state index in [-0.39, 0.29) is 24.0 Å². The Bertz CT molecular complexity index is 760. The number of nitrogens with two attached hydrogens (primary N) is 1. The van der Waals surface area contributed by atoms with Gasteiger partial charge in [0.25, 0.3) is 5.91 Å². The average Bonchev–Trinajstić information content (AvgIpc) is 2.56. The van der Waals surface area contributed by atoms with Crippen molar-refractivity contribution in [2.24, 2.45) is 11.1 Å². The molecule has 2 aromatic rings. The fraction of sp³-hybridized carbons (Fsp3) is 0.421. The molecular formula is C19H23ClN2O2. The van der Waals surface area contributed by atoms with Crippen molar-refractivity contribution >= 4 is 28.3 Å². The Kier molecular flexibility index (Phi) is 4.70. The van der Waals surface area contributed by atoms with Crippen molar-refractivity contribution in [2.75, 3.05) is 19.7 Å². The second kappa shape index (κ2) is 6.61. The predicted molar refractivity (Wildman–Crippen MR) is 97.4 cm³/mol. The molecule has 0 spiro atoms. The maximum atomic E-state index is 12.5. The first-order valence-electron chi connectivity index (χ1n) is 8.22. The van der Waals surface area contributed by atoms with Gasteiger partial charge in [0, 0.05) is 34.9 Å². The highest BCUT2D eigenvalue weighted by molar-refractivity contribution is 6.35. The standard InChI is InChI=1S/C19H23ClN2O2/c1-19(2)12-22(10-9-17(19)21)18(23)11-24-16-8-7-15(20)13-5-3-4-6-14(13)16/h3-8,17H,9-12,21H2,1-2H3. The van der Waals surface area contributed by atoms with Gasteiger partial charge in [0.1, 0.15) is 5.75 Å². The number of carbonyl (C=O) groups excluding carboxylic acids is 1. The summed E-state index contributed by atoms with van der Waals surface area (Å²) in [5.74, 6) is 0.672. The lowest BCUT2D eigenvalue weighted by Gasteiger charge is -2.42. The van der Waals surface area contributed by atoms with E-state index in [1.165, 1.54) is 0 Å². The van der Waals surface area contributed by atoms with Crippen LogP contribution in [0.3, 0.4) is 0 Å². The molecule has 1 aliphatic rings. The molecule has 3 rings (SSSR count). The summed E-state index contributed by atoms with van der Waals surface area (Å²) in [5.41, 5.74) is 6.07. The van der Waals surface area contributed by atoms with Crippen molar-refractivity contribution in [1.82, 2.24) is 4.90 Å². The first-order valence-corrected chi connectivity index (χ1v) is 8.60. The molecule has 0 aromatic heterocycles. The van der Waals surface area contributed by atoms with Crippen molar-refractivity contribution in [1.29, 1.82) is 0 Å². The normalized spacial score (nSPS) is 20.2. The molecule has 0 bridgehead atoms. The summed E-state index contributed by atoms with van der Waals surface area (Å²) < 4.78 is 5.80. The summed E-state index contributed by atoms with van der Waals surface area (Å²) in [7, 11) is 0. The lowest BCUT2D eigenvalue weighted by molar-refractivity contribution is -0.136. The third-order valence-corrected chi connectivity index (χ3v) is 5.18. The Morgan fingerprint density at radius 2 is 2.00 bits per heavy atom. The lowest BCUT2D eigenvalue weighted by Crippen LogP contribution is -2.54. The van der Waals surface area contributed by atoms with Gasteiger partial charge in [-0.05, 0) is 24.0 Å². The maximum Gasteiger partial charge on any atom is 0.260 e. The zero-order chi connectivity index (χ0) is 17.3. The van der Waals surface area contributed by atoms with Crippen LogP contribution in [-0.2, 0) is 4.79 Å². The fourth-order valence-corrected chi connectivity index (χ4v) is 3.41. The largest absolute Gasteiger partial charge is 0.483 e. The van der Waals surface area contributed by atoms with Gasteiger partial charge < -0.3 is 15.4 Å². The predicted octanol–water partition coefficient (Wildman–Crippen LogP) is 3.46. The van der Waals surface area contributed by atoms with Crippen LogP contribution >= 0.6 is 11.6 Å². The molecule has 128 valence electrons. The number of piperidine rings is 1. The minimum Gasteiger partial charge on any atom is -0.483 e. The van der Waals surface area contributed by atoms with E-state index in [1.807, 2.05) is 35.2 Å². The van der Waals surface area contributed by atoms with E-state index in [0.29, 0.717) is 23.9 Å². The van der Waals surface area contributed by atoms with Crippen LogP contribution in [0.5, 0.6) is 5.75 Å². The van der Waals surface area contributed by atoms with Crippen LogP contribution in [0.15, 0.2) is 36.4 Å². The van der Waals surface area contributed by atoms with Crippen LogP contribution in [0.1, 0.15) is 20.3 Å². The van der Waals surface area contributed by atoms with Crippen LogP contribution in [0.4, 0.5) is 0 Å². The highest BCUT2D eigenvalue weighted by atomic mass is 35.5. The molecular weight excluding hydrogens is 324 g/mol. The average molecular weight is 347 g/mol. The van der Waals surface area contributed by atoms with E-state index in [4.69, 9.17) is 22.1 Å². The number of fused-ring (bicyclic) bond motifs is 1. The number of ether oxygens (including phenoxy) is 1. The number of hydrogen-bond donors (Lipinski definition) is 1. The summed E-state index contributed by atoms with van der Waals surface area (Å²) in [4.78, 5) is 14.4. The second-order valence-corrected chi connectivity index (χ2v) is 7.49. The van der Waals surface area contributed by atoms with Gasteiger partial charge in [-0.2, -0.15) is 0 Å². The molecule has 5 heteroatoms. The summed E-state index contributed by atoms with van der Waals surface area (Å²) in [6.07, 6.45) is 0.822. The van der Waals surface area contributed by atoms with Crippen molar-refractivity contribution in [3.05, 3.63) is 41.4 Å². The molecule has 0 saturated carbocycles. The molecule has 4 nitrogen and oxygen atoms in total. The molecule has 0 radical (unpaired) electrons. The highest BCUT2D eigenvalue weighted by Gasteiger charge is 2.35. The number of likely N-dealkylation sites (tertiary alicyclic amines) is 1. The number of rotatable bonds is 3. The smallest absolute Gasteiger partial charge is 0.260 e. The van der Waals surface area contributed by atoms with E-state index in [0.717, 1.165) is 17.2 Å². The summed E-state index contributed by atoms with van der Waals surface area (Å²) in [6, 6.07) is 11.5. The third-order valence-electron chi connectivity index (χ3n) is 4.85. The summed E-state index contributed by atoms with van der Waals surface area (Å²) >= 11 is 6.22. The summed E-state index contributed by atoms with van der Waals surface area (Å²) in [5, 5.41) is 2.52. The lowest BCUT2D eigenvalue weighted by atomic mass is 9.80. The van der Waals surface area contributed by atoms with Crippen molar-refractivity contribution in [3.63, 3.8) is 0 Å². The number of carbonyl (C=O) groups is 1. The van der Waals surface area contributed by atoms with Gasteiger partial charge in [-0.3, -0.25) is 4.79 Å². The van der Waals surface area contributed by atoms with Crippen molar-refractivity contribution in [3.8, 4) is 5.75 Å². The van der Waals surface area contributed by atoms with Crippen LogP contribution in [0, 0.1) is 5.41 Å². The molecule has 1 aliphatic heterocycles. The van der Waals surface area contributed by atoms with Gasteiger partial charge in [0.05, 0.1) is 0 Å². The Labute approximate surface area is 147 Å². The van der Waals surface area contributed by atoms with Gasteiger partial charge >= 0.3 is 0 Å². The van der Waals surface area contributed by atoms with Gasteiger partial charge in [0.2, 0.25) is 0 Å². The summed E-state index contributed by atoms with van der Waals surface area (Å²) in [6.45, 7) is 5.58. The SMILES string of the molecule is CC1(C)CN(C(=O)COc2ccc(Cl)c3ccccc23)CCC1N. The van der Waals surface area contributed by atoms with Gasteiger partial charge in [-0.15, -0.1) is 0 Å². The first-order chi connectivity index (χ1) is 11.4. The number of halogens is 1. The number of nitrogens with zero attached hydrogens (tertiary/aromatic N) is 1. The molecule has 0 aliphatic carbocycles. The van der Waals surface area contributed by atoms with Crippen LogP contribution in [0.25, 0.3) is 10.8 Å². The number of benzene rings is 2. The number of amides is 1. The minimum absolute atomic E-state index is 0.00555. The molecule has 1 heterocycles. The zero-order valence-electron chi connectivity index (χ0n) is 14.1. The molecule has 1 fully saturated rings. The number of hydrogen-bond acceptors (Lipinski definition) is 3. The topological polar surface area (TPSA) is 55.6 Å². The fourth-order valence-electron chi connectivity index (χ4n) is 3.18. The molecule has 24 heavy (non-hydrogen) atoms. The van der Waals surface area contributed by atoms with Crippen LogP contribution in [-0.4, -0.2) is 36.5 Å². The van der Waals surface area contributed by atoms with E-state index in [1.54, 1.807) is 6.07 Å². The van der Waals surface area contributed by atoms with Gasteiger partial charge in [0.15, 0.2) is 6.61 Å². The monoisotopic (exact) mass is 346 g/mol. The van der Waals surface area contributed by atoms with E-state index >= 15 is 0 Å². The Morgan fingerprint density at radius 3 is 2.71 bits per heavy atom. The molecule has 1 saturated heterocycles. The van der Waals surface area contributed by atoms with Crippen LogP contribution in [0.2, 0.25) is 5.02 Å². The molecule has 2 aromatic carbocycles. The molecule has 1 atom stereocenters. The Morgan fingerprint density at radius 1 is 1.29 bits per heavy atom. The van der Waals surface area contributed by atoms with Gasteiger partial charge in [-0.25, -0.2) is 0 Å². The second-order valence-electron chi connectivity index (χ2n) is 7.08. The Hall–Kier alpha value is -1.78. The zero-order valence-corrected chi connectivity index (χ0v) is 14.8. The third kappa shape index (κ3) is 3.35. The van der Waals surface area contributed by atoms with E-state index in [9.17, 15) is 4.79 Å².